The fraction of sp³-hybridized carbons (Fsp3) is 0.333. The molecule has 0 aromatic heterocycles. The predicted octanol–water partition coefficient (Wildman–Crippen LogP) is 4.40. The number of aryl methyl sites for hydroxylation is 2. The van der Waals surface area contributed by atoms with Crippen LogP contribution in [0, 0.1) is 13.8 Å². The highest BCUT2D eigenvalue weighted by atomic mass is 15.1. The van der Waals surface area contributed by atoms with Crippen molar-refractivity contribution in [3.63, 3.8) is 0 Å². The first-order valence-corrected chi connectivity index (χ1v) is 7.29. The molecule has 20 heavy (non-hydrogen) atoms. The number of anilines is 2. The van der Waals surface area contributed by atoms with Crippen molar-refractivity contribution in [3.05, 3.63) is 47.5 Å². The van der Waals surface area contributed by atoms with Crippen LogP contribution in [0.15, 0.2) is 36.4 Å². The average Bonchev–Trinajstić information content (AvgIpc) is 2.41. The lowest BCUT2D eigenvalue weighted by Gasteiger charge is -2.22. The number of hydrogen-bond acceptors (Lipinski definition) is 2. The molecule has 0 bridgehead atoms. The van der Waals surface area contributed by atoms with Crippen LogP contribution in [0.1, 0.15) is 25.0 Å². The number of hydrogen-bond donors (Lipinski definition) is 1. The maximum Gasteiger partial charge on any atom is 0.0369 e. The average molecular weight is 268 g/mol. The van der Waals surface area contributed by atoms with E-state index in [4.69, 9.17) is 5.73 Å². The summed E-state index contributed by atoms with van der Waals surface area (Å²) in [4.78, 5) is 2.37. The topological polar surface area (TPSA) is 29.3 Å². The van der Waals surface area contributed by atoms with E-state index in [0.29, 0.717) is 0 Å². The summed E-state index contributed by atoms with van der Waals surface area (Å²) in [6, 6.07) is 12.8. The highest BCUT2D eigenvalue weighted by Gasteiger charge is 2.08. The molecule has 2 aromatic rings. The molecule has 0 aliphatic heterocycles. The lowest BCUT2D eigenvalue weighted by atomic mass is 9.95. The van der Waals surface area contributed by atoms with E-state index in [1.54, 1.807) is 0 Å². The van der Waals surface area contributed by atoms with E-state index >= 15 is 0 Å². The predicted molar refractivity (Wildman–Crippen MR) is 89.3 cm³/mol. The number of nitrogen functional groups attached to an aromatic ring is 1. The minimum Gasteiger partial charge on any atom is -0.399 e. The highest BCUT2D eigenvalue weighted by molar-refractivity contribution is 5.74. The molecule has 0 aliphatic carbocycles. The second-order valence-corrected chi connectivity index (χ2v) is 5.25. The molecular formula is C18H24N2. The second-order valence-electron chi connectivity index (χ2n) is 5.25. The van der Waals surface area contributed by atoms with Crippen molar-refractivity contribution < 1.29 is 0 Å². The van der Waals surface area contributed by atoms with Gasteiger partial charge in [0.15, 0.2) is 0 Å². The van der Waals surface area contributed by atoms with Crippen LogP contribution in [0.25, 0.3) is 11.1 Å². The summed E-state index contributed by atoms with van der Waals surface area (Å²) >= 11 is 0. The Morgan fingerprint density at radius 3 is 1.90 bits per heavy atom. The third kappa shape index (κ3) is 2.79. The molecule has 2 aromatic carbocycles. The molecule has 0 radical (unpaired) electrons. The molecule has 2 nitrogen and oxygen atoms in total. The highest BCUT2D eigenvalue weighted by Crippen LogP contribution is 2.30. The van der Waals surface area contributed by atoms with Crippen LogP contribution in [0.3, 0.4) is 0 Å². The first kappa shape index (κ1) is 14.4. The second kappa shape index (κ2) is 6.00. The van der Waals surface area contributed by atoms with Gasteiger partial charge in [0.25, 0.3) is 0 Å². The van der Waals surface area contributed by atoms with Gasteiger partial charge >= 0.3 is 0 Å². The smallest absolute Gasteiger partial charge is 0.0369 e. The lowest BCUT2D eigenvalue weighted by molar-refractivity contribution is 0.866. The summed E-state index contributed by atoms with van der Waals surface area (Å²) in [6.07, 6.45) is 0. The van der Waals surface area contributed by atoms with Crippen LogP contribution in [-0.4, -0.2) is 13.1 Å². The number of nitrogens with two attached hydrogens (primary N) is 1. The molecule has 0 aliphatic rings. The molecule has 0 spiro atoms. The van der Waals surface area contributed by atoms with E-state index in [1.807, 2.05) is 12.1 Å². The molecule has 0 heterocycles. The molecule has 0 atom stereocenters. The SMILES string of the molecule is CCN(CC)c1ccc(-c2ccc(N)cc2C)c(C)c1. The number of rotatable bonds is 4. The summed E-state index contributed by atoms with van der Waals surface area (Å²) in [5.41, 5.74) is 13.0. The summed E-state index contributed by atoms with van der Waals surface area (Å²) in [5.74, 6) is 0. The van der Waals surface area contributed by atoms with Gasteiger partial charge in [0.05, 0.1) is 0 Å². The van der Waals surface area contributed by atoms with Crippen molar-refractivity contribution in [2.45, 2.75) is 27.7 Å². The van der Waals surface area contributed by atoms with Crippen LogP contribution in [0.5, 0.6) is 0 Å². The van der Waals surface area contributed by atoms with Crippen LogP contribution in [-0.2, 0) is 0 Å². The van der Waals surface area contributed by atoms with Crippen molar-refractivity contribution in [2.75, 3.05) is 23.7 Å². The Morgan fingerprint density at radius 1 is 0.850 bits per heavy atom. The zero-order valence-electron chi connectivity index (χ0n) is 12.9. The quantitative estimate of drug-likeness (QED) is 0.833. The Labute approximate surface area is 122 Å². The van der Waals surface area contributed by atoms with Crippen molar-refractivity contribution in [2.24, 2.45) is 0 Å². The molecule has 0 amide bonds. The van der Waals surface area contributed by atoms with E-state index in [2.05, 4.69) is 56.9 Å². The van der Waals surface area contributed by atoms with E-state index < -0.39 is 0 Å². The Morgan fingerprint density at radius 2 is 1.40 bits per heavy atom. The van der Waals surface area contributed by atoms with Crippen LogP contribution in [0.4, 0.5) is 11.4 Å². The van der Waals surface area contributed by atoms with E-state index in [0.717, 1.165) is 18.8 Å². The molecule has 0 unspecified atom stereocenters. The Kier molecular flexibility index (Phi) is 4.33. The summed E-state index contributed by atoms with van der Waals surface area (Å²) < 4.78 is 0. The fourth-order valence-electron chi connectivity index (χ4n) is 2.72. The van der Waals surface area contributed by atoms with Crippen molar-refractivity contribution >= 4 is 11.4 Å². The Balaban J connectivity index is 2.44. The maximum absolute atomic E-state index is 5.84. The first-order chi connectivity index (χ1) is 9.56. The molecule has 2 heteroatoms. The van der Waals surface area contributed by atoms with Gasteiger partial charge in [-0.05, 0) is 74.2 Å². The van der Waals surface area contributed by atoms with Crippen LogP contribution in [0.2, 0.25) is 0 Å². The van der Waals surface area contributed by atoms with Gasteiger partial charge in [-0.3, -0.25) is 0 Å². The molecule has 0 saturated heterocycles. The van der Waals surface area contributed by atoms with Crippen molar-refractivity contribution in [3.8, 4) is 11.1 Å². The minimum atomic E-state index is 0.823. The standard InChI is InChI=1S/C18H24N2/c1-5-20(6-2)16-8-10-18(14(4)12-16)17-9-7-15(19)11-13(17)3/h7-12H,5-6,19H2,1-4H3. The van der Waals surface area contributed by atoms with Gasteiger partial charge in [-0.15, -0.1) is 0 Å². The number of nitrogens with zero attached hydrogens (tertiary/aromatic N) is 1. The van der Waals surface area contributed by atoms with Gasteiger partial charge in [0.2, 0.25) is 0 Å². The lowest BCUT2D eigenvalue weighted by Crippen LogP contribution is -2.21. The van der Waals surface area contributed by atoms with Crippen LogP contribution < -0.4 is 10.6 Å². The van der Waals surface area contributed by atoms with Gasteiger partial charge in [0, 0.05) is 24.5 Å². The summed E-state index contributed by atoms with van der Waals surface area (Å²) in [7, 11) is 0. The third-order valence-corrected chi connectivity index (χ3v) is 3.88. The molecule has 0 saturated carbocycles. The number of benzene rings is 2. The monoisotopic (exact) mass is 268 g/mol. The first-order valence-electron chi connectivity index (χ1n) is 7.29. The van der Waals surface area contributed by atoms with Gasteiger partial charge < -0.3 is 10.6 Å². The molecule has 2 rings (SSSR count). The minimum absolute atomic E-state index is 0.823. The molecule has 2 N–H and O–H groups in total. The maximum atomic E-state index is 5.84. The van der Waals surface area contributed by atoms with E-state index in [-0.39, 0.29) is 0 Å². The fourth-order valence-corrected chi connectivity index (χ4v) is 2.72. The van der Waals surface area contributed by atoms with Gasteiger partial charge in [0.1, 0.15) is 0 Å². The molecular weight excluding hydrogens is 244 g/mol. The zero-order valence-corrected chi connectivity index (χ0v) is 12.9. The largest absolute Gasteiger partial charge is 0.399 e. The molecule has 0 fully saturated rings. The molecule has 106 valence electrons. The van der Waals surface area contributed by atoms with Gasteiger partial charge in [-0.25, -0.2) is 0 Å². The van der Waals surface area contributed by atoms with Gasteiger partial charge in [-0.2, -0.15) is 0 Å². The van der Waals surface area contributed by atoms with E-state index in [1.165, 1.54) is 27.9 Å². The van der Waals surface area contributed by atoms with Crippen LogP contribution >= 0.6 is 0 Å². The van der Waals surface area contributed by atoms with Gasteiger partial charge in [-0.1, -0.05) is 12.1 Å². The van der Waals surface area contributed by atoms with Crippen molar-refractivity contribution in [1.29, 1.82) is 0 Å². The third-order valence-electron chi connectivity index (χ3n) is 3.88. The van der Waals surface area contributed by atoms with Crippen molar-refractivity contribution in [1.82, 2.24) is 0 Å². The Bertz CT molecular complexity index is 598. The Hall–Kier alpha value is -1.96. The summed E-state index contributed by atoms with van der Waals surface area (Å²) in [6.45, 7) is 10.8. The normalized spacial score (nSPS) is 10.6. The summed E-state index contributed by atoms with van der Waals surface area (Å²) in [5, 5.41) is 0. The zero-order chi connectivity index (χ0) is 14.7. The van der Waals surface area contributed by atoms with E-state index in [9.17, 15) is 0 Å².